The molecule has 2 aromatic carbocycles. The van der Waals surface area contributed by atoms with Crippen LogP contribution in [0.15, 0.2) is 53.6 Å². The number of hydrazone groups is 1. The van der Waals surface area contributed by atoms with E-state index in [0.717, 1.165) is 36.8 Å². The zero-order valence-electron chi connectivity index (χ0n) is 28.3. The number of hydrogen-bond donors (Lipinski definition) is 5. The van der Waals surface area contributed by atoms with Gasteiger partial charge in [-0.25, -0.2) is 10.2 Å². The number of hydrogen-bond acceptors (Lipinski definition) is 6. The molecule has 1 radical (unpaired) electrons. The molecule has 0 heterocycles. The third-order valence-electron chi connectivity index (χ3n) is 9.91. The van der Waals surface area contributed by atoms with Crippen LogP contribution in [0.5, 0.6) is 0 Å². The molecule has 4 amide bonds. The van der Waals surface area contributed by atoms with Gasteiger partial charge >= 0.3 is 6.03 Å². The quantitative estimate of drug-likeness (QED) is 0.0917. The Balaban J connectivity index is 0.00000312. The Morgan fingerprint density at radius 1 is 1.00 bits per heavy atom. The molecular weight excluding hydrogens is 685 g/mol. The predicted octanol–water partition coefficient (Wildman–Crippen LogP) is 4.76. The number of nitrogens with zero attached hydrogens (tertiary/aromatic N) is 1. The molecule has 259 valence electrons. The van der Waals surface area contributed by atoms with E-state index in [1.54, 1.807) is 7.05 Å². The topological polar surface area (TPSA) is 165 Å². The first-order chi connectivity index (χ1) is 22.3. The minimum atomic E-state index is -1.18. The van der Waals surface area contributed by atoms with Crippen LogP contribution >= 0.6 is 0 Å². The molecule has 2 saturated carbocycles. The molecule has 0 aliphatic heterocycles. The summed E-state index contributed by atoms with van der Waals surface area (Å²) in [6.07, 6.45) is 4.99. The van der Waals surface area contributed by atoms with E-state index in [0.29, 0.717) is 31.7 Å². The van der Waals surface area contributed by atoms with Gasteiger partial charge in [-0.15, -0.1) is 6.04 Å². The number of benzene rings is 2. The molecular formula is C36H50N6O5Y-2. The van der Waals surface area contributed by atoms with Crippen LogP contribution < -0.4 is 21.4 Å². The van der Waals surface area contributed by atoms with Crippen LogP contribution in [0.4, 0.5) is 4.79 Å². The Morgan fingerprint density at radius 3 is 2.23 bits per heavy atom. The van der Waals surface area contributed by atoms with Gasteiger partial charge in [-0.1, -0.05) is 68.3 Å². The van der Waals surface area contributed by atoms with Crippen molar-refractivity contribution in [3.8, 4) is 11.1 Å². The van der Waals surface area contributed by atoms with Crippen LogP contribution in [-0.4, -0.2) is 67.7 Å². The van der Waals surface area contributed by atoms with Crippen molar-refractivity contribution in [1.29, 1.82) is 0 Å². The van der Waals surface area contributed by atoms with E-state index >= 15 is 0 Å². The van der Waals surface area contributed by atoms with Crippen LogP contribution in [0.2, 0.25) is 0 Å². The van der Waals surface area contributed by atoms with Gasteiger partial charge in [0.2, 0.25) is 11.8 Å². The van der Waals surface area contributed by atoms with Gasteiger partial charge < -0.3 is 39.0 Å². The van der Waals surface area contributed by atoms with Crippen LogP contribution in [0, 0.1) is 31.1 Å². The summed E-state index contributed by atoms with van der Waals surface area (Å²) in [7, 11) is 1.66. The van der Waals surface area contributed by atoms with Gasteiger partial charge in [0.15, 0.2) is 6.29 Å². The van der Waals surface area contributed by atoms with Gasteiger partial charge in [-0.3, -0.25) is 9.59 Å². The standard InChI is InChI=1S/C35H47N6O5.CH3.Y/c1-3-24(19-39-41-35(45)38-18-21-12-14-22(15-13-21)32(42)37-2)40-33(43)29-16-23(36)17-30(29)34(44)46-20-31-27-10-6-4-8-25(27)26-9-5-7-11-28(26)31;;/h4-11,19,21-24,29-31,34,36,44H,3,12-18,20H2,1-2H3,(H,37,42)(H,40,43)(H2,38,41,45);1H3;/q2*-1;/b39-19+;;/t21?,22?,23-,24+,29-,30?,34+;;/m1../s1. The van der Waals surface area contributed by atoms with Gasteiger partial charge in [0.25, 0.3) is 0 Å². The third-order valence-corrected chi connectivity index (χ3v) is 9.91. The molecule has 0 aromatic heterocycles. The van der Waals surface area contributed by atoms with E-state index in [4.69, 9.17) is 10.5 Å². The Hall–Kier alpha value is -2.70. The summed E-state index contributed by atoms with van der Waals surface area (Å²) in [5.74, 6) is -0.886. The first kappa shape index (κ1) is 39.7. The minimum Gasteiger partial charge on any atom is -0.675 e. The predicted molar refractivity (Wildman–Crippen MR) is 183 cm³/mol. The van der Waals surface area contributed by atoms with E-state index in [9.17, 15) is 19.5 Å². The van der Waals surface area contributed by atoms with Crippen molar-refractivity contribution in [2.24, 2.45) is 28.8 Å². The first-order valence-electron chi connectivity index (χ1n) is 16.6. The summed E-state index contributed by atoms with van der Waals surface area (Å²) in [6, 6.07) is 15.1. The average molecular weight is 736 g/mol. The van der Waals surface area contributed by atoms with Crippen molar-refractivity contribution in [3.05, 3.63) is 72.8 Å². The fourth-order valence-corrected chi connectivity index (χ4v) is 7.27. The summed E-state index contributed by atoms with van der Waals surface area (Å²) in [4.78, 5) is 37.5. The number of aliphatic hydroxyl groups is 1. The summed E-state index contributed by atoms with van der Waals surface area (Å²) in [6.45, 7) is 2.69. The second kappa shape index (κ2) is 18.9. The van der Waals surface area contributed by atoms with Crippen molar-refractivity contribution in [2.45, 2.75) is 76.2 Å². The SMILES string of the molecule is CC[C@@H](/C=N/NC(=O)NCC1CCC(C(=O)NC)CC1)NC(=O)[C@@H]1C[C@@H]([NH-])CC1[C@@H](O)OCC1c2ccccc2-c2ccccc21.[CH3-].[Y]. The van der Waals surface area contributed by atoms with Crippen molar-refractivity contribution in [1.82, 2.24) is 21.4 Å². The molecule has 6 N–H and O–H groups in total. The normalized spacial score (nSPS) is 24.3. The third kappa shape index (κ3) is 9.72. The largest absolute Gasteiger partial charge is 0.675 e. The molecule has 48 heavy (non-hydrogen) atoms. The Bertz CT molecular complexity index is 1350. The molecule has 1 unspecified atom stereocenters. The maximum atomic E-state index is 13.4. The van der Waals surface area contributed by atoms with Crippen LogP contribution in [0.25, 0.3) is 16.9 Å². The van der Waals surface area contributed by atoms with Gasteiger partial charge in [0, 0.05) is 76.2 Å². The molecule has 5 rings (SSSR count). The van der Waals surface area contributed by atoms with E-state index in [1.165, 1.54) is 17.3 Å². The zero-order chi connectivity index (χ0) is 32.6. The molecule has 0 bridgehead atoms. The molecule has 11 nitrogen and oxygen atoms in total. The van der Waals surface area contributed by atoms with Crippen molar-refractivity contribution >= 4 is 24.1 Å². The Morgan fingerprint density at radius 2 is 1.62 bits per heavy atom. The molecule has 0 spiro atoms. The molecule has 3 aliphatic rings. The summed E-state index contributed by atoms with van der Waals surface area (Å²) < 4.78 is 6.06. The van der Waals surface area contributed by atoms with Crippen molar-refractivity contribution in [3.63, 3.8) is 0 Å². The molecule has 2 fully saturated rings. The number of carbonyl (C=O) groups is 3. The Labute approximate surface area is 309 Å². The summed E-state index contributed by atoms with van der Waals surface area (Å²) >= 11 is 0. The van der Waals surface area contributed by atoms with Crippen molar-refractivity contribution < 1.29 is 56.9 Å². The van der Waals surface area contributed by atoms with Gasteiger partial charge in [0.05, 0.1) is 12.6 Å². The number of aliphatic hydroxyl groups excluding tert-OH is 1. The van der Waals surface area contributed by atoms with E-state index in [-0.39, 0.29) is 70.4 Å². The fourth-order valence-electron chi connectivity index (χ4n) is 7.27. The van der Waals surface area contributed by atoms with Gasteiger partial charge in [-0.2, -0.15) is 5.10 Å². The maximum Gasteiger partial charge on any atom is 0.335 e. The number of ether oxygens (including phenoxy) is 1. The van der Waals surface area contributed by atoms with Crippen LogP contribution in [0.3, 0.4) is 0 Å². The number of amides is 4. The number of carbonyl (C=O) groups excluding carboxylic acids is 3. The average Bonchev–Trinajstić information content (AvgIpc) is 3.63. The van der Waals surface area contributed by atoms with E-state index in [1.807, 2.05) is 31.2 Å². The molecule has 5 atom stereocenters. The number of fused-ring (bicyclic) bond motifs is 3. The van der Waals surface area contributed by atoms with E-state index < -0.39 is 36.2 Å². The van der Waals surface area contributed by atoms with Gasteiger partial charge in [0.1, 0.15) is 0 Å². The zero-order valence-corrected chi connectivity index (χ0v) is 31.1. The molecule has 12 heteroatoms. The molecule has 3 aliphatic carbocycles. The second-order valence-electron chi connectivity index (χ2n) is 12.8. The summed E-state index contributed by atoms with van der Waals surface area (Å²) in [5.41, 5.74) is 15.5. The fraction of sp³-hybridized carbons (Fsp3) is 0.528. The molecule has 0 saturated heterocycles. The monoisotopic (exact) mass is 735 g/mol. The smallest absolute Gasteiger partial charge is 0.335 e. The Kier molecular flexibility index (Phi) is 15.6. The summed E-state index contributed by atoms with van der Waals surface area (Å²) in [5, 5.41) is 23.7. The maximum absolute atomic E-state index is 13.4. The number of nitrogens with one attached hydrogen (secondary N) is 5. The van der Waals surface area contributed by atoms with Crippen LogP contribution in [0.1, 0.15) is 68.9 Å². The number of rotatable bonds is 12. The molecule has 2 aromatic rings. The second-order valence-corrected chi connectivity index (χ2v) is 12.8. The van der Waals surface area contributed by atoms with Crippen LogP contribution in [-0.2, 0) is 47.0 Å². The minimum absolute atomic E-state index is 0. The first-order valence-corrected chi connectivity index (χ1v) is 16.6. The number of urea groups is 1. The van der Waals surface area contributed by atoms with Gasteiger partial charge in [-0.05, 0) is 60.3 Å². The van der Waals surface area contributed by atoms with E-state index in [2.05, 4.69) is 50.7 Å². The van der Waals surface area contributed by atoms with Crippen molar-refractivity contribution in [2.75, 3.05) is 20.2 Å².